The van der Waals surface area contributed by atoms with E-state index in [2.05, 4.69) is 10.3 Å². The van der Waals surface area contributed by atoms with Crippen molar-refractivity contribution >= 4 is 17.5 Å². The van der Waals surface area contributed by atoms with Gasteiger partial charge in [0.25, 0.3) is 0 Å². The van der Waals surface area contributed by atoms with Crippen LogP contribution in [0.1, 0.15) is 24.8 Å². The Kier molecular flexibility index (Phi) is 4.24. The predicted molar refractivity (Wildman–Crippen MR) is 73.0 cm³/mol. The smallest absolute Gasteiger partial charge is 0.373 e. The van der Waals surface area contributed by atoms with Gasteiger partial charge in [-0.1, -0.05) is 0 Å². The third kappa shape index (κ3) is 3.37. The standard InChI is InChI=1S/C13H17F3N4O/c1-18-10-6-8(13(14,15)16)7-11(19-10)20-5-3-2-4-9(20)12(17)21/h6-7,9H,2-5H2,1H3,(H2,17,21)(H,18,19). The van der Waals surface area contributed by atoms with Crippen molar-refractivity contribution in [2.75, 3.05) is 23.8 Å². The van der Waals surface area contributed by atoms with Crippen LogP contribution >= 0.6 is 0 Å². The number of carbonyl (C=O) groups excluding carboxylic acids is 1. The van der Waals surface area contributed by atoms with Gasteiger partial charge >= 0.3 is 6.18 Å². The van der Waals surface area contributed by atoms with Crippen molar-refractivity contribution in [1.29, 1.82) is 0 Å². The van der Waals surface area contributed by atoms with Crippen molar-refractivity contribution in [2.24, 2.45) is 5.73 Å². The summed E-state index contributed by atoms with van der Waals surface area (Å²) in [6.45, 7) is 0.463. The fraction of sp³-hybridized carbons (Fsp3) is 0.538. The lowest BCUT2D eigenvalue weighted by Gasteiger charge is -2.35. The first kappa shape index (κ1) is 15.4. The zero-order valence-electron chi connectivity index (χ0n) is 11.6. The molecule has 1 aromatic heterocycles. The molecule has 1 aliphatic heterocycles. The summed E-state index contributed by atoms with van der Waals surface area (Å²) in [5, 5.41) is 2.61. The largest absolute Gasteiger partial charge is 0.416 e. The molecule has 1 atom stereocenters. The highest BCUT2D eigenvalue weighted by atomic mass is 19.4. The van der Waals surface area contributed by atoms with Gasteiger partial charge in [0.2, 0.25) is 5.91 Å². The van der Waals surface area contributed by atoms with Crippen molar-refractivity contribution in [1.82, 2.24) is 4.98 Å². The third-order valence-electron chi connectivity index (χ3n) is 3.52. The van der Waals surface area contributed by atoms with Gasteiger partial charge in [-0.3, -0.25) is 4.79 Å². The highest BCUT2D eigenvalue weighted by Crippen LogP contribution is 2.34. The topological polar surface area (TPSA) is 71.2 Å². The Morgan fingerprint density at radius 1 is 1.43 bits per heavy atom. The molecule has 0 saturated carbocycles. The van der Waals surface area contributed by atoms with Crippen molar-refractivity contribution in [3.05, 3.63) is 17.7 Å². The van der Waals surface area contributed by atoms with Crippen LogP contribution in [0.2, 0.25) is 0 Å². The number of piperidine rings is 1. The second-order valence-electron chi connectivity index (χ2n) is 4.95. The average molecular weight is 302 g/mol. The Hall–Kier alpha value is -1.99. The van der Waals surface area contributed by atoms with E-state index in [1.807, 2.05) is 0 Å². The maximum absolute atomic E-state index is 12.9. The highest BCUT2D eigenvalue weighted by molar-refractivity contribution is 5.83. The molecule has 1 amide bonds. The minimum absolute atomic E-state index is 0.105. The molecule has 8 heteroatoms. The van der Waals surface area contributed by atoms with Gasteiger partial charge in [-0.05, 0) is 31.4 Å². The zero-order chi connectivity index (χ0) is 15.6. The molecule has 0 aromatic carbocycles. The van der Waals surface area contributed by atoms with Crippen LogP contribution < -0.4 is 16.0 Å². The first-order chi connectivity index (χ1) is 9.82. The van der Waals surface area contributed by atoms with E-state index < -0.39 is 23.7 Å². The van der Waals surface area contributed by atoms with Gasteiger partial charge in [0.05, 0.1) is 5.56 Å². The molecule has 2 heterocycles. The second kappa shape index (κ2) is 5.79. The van der Waals surface area contributed by atoms with Crippen LogP contribution in [-0.4, -0.2) is 30.5 Å². The highest BCUT2D eigenvalue weighted by Gasteiger charge is 2.34. The Bertz CT molecular complexity index is 533. The van der Waals surface area contributed by atoms with E-state index in [9.17, 15) is 18.0 Å². The number of nitrogens with one attached hydrogen (secondary N) is 1. The molecule has 21 heavy (non-hydrogen) atoms. The number of nitrogens with zero attached hydrogens (tertiary/aromatic N) is 2. The van der Waals surface area contributed by atoms with E-state index in [0.717, 1.165) is 25.0 Å². The number of primary amides is 1. The maximum atomic E-state index is 12.9. The summed E-state index contributed by atoms with van der Waals surface area (Å²) in [6, 6.07) is 1.29. The summed E-state index contributed by atoms with van der Waals surface area (Å²) in [5.74, 6) is -0.314. The van der Waals surface area contributed by atoms with Crippen molar-refractivity contribution in [3.63, 3.8) is 0 Å². The molecule has 116 valence electrons. The zero-order valence-corrected chi connectivity index (χ0v) is 11.6. The molecule has 1 aromatic rings. The van der Waals surface area contributed by atoms with Gasteiger partial charge in [-0.2, -0.15) is 13.2 Å². The number of aromatic nitrogens is 1. The lowest BCUT2D eigenvalue weighted by Crippen LogP contribution is -2.48. The SMILES string of the molecule is CNc1cc(C(F)(F)F)cc(N2CCCCC2C(N)=O)n1. The predicted octanol–water partition coefficient (Wildman–Crippen LogP) is 1.99. The maximum Gasteiger partial charge on any atom is 0.416 e. The lowest BCUT2D eigenvalue weighted by molar-refractivity contribution is -0.137. The molecule has 3 N–H and O–H groups in total. The third-order valence-corrected chi connectivity index (χ3v) is 3.52. The molecule has 5 nitrogen and oxygen atoms in total. The van der Waals surface area contributed by atoms with E-state index in [0.29, 0.717) is 13.0 Å². The van der Waals surface area contributed by atoms with E-state index in [1.165, 1.54) is 7.05 Å². The summed E-state index contributed by atoms with van der Waals surface area (Å²) < 4.78 is 38.8. The van der Waals surface area contributed by atoms with Gasteiger partial charge in [0.15, 0.2) is 0 Å². The number of amides is 1. The first-order valence-corrected chi connectivity index (χ1v) is 6.66. The summed E-state index contributed by atoms with van der Waals surface area (Å²) in [6.07, 6.45) is -2.33. The second-order valence-corrected chi connectivity index (χ2v) is 4.95. The van der Waals surface area contributed by atoms with Crippen molar-refractivity contribution < 1.29 is 18.0 Å². The number of carbonyl (C=O) groups is 1. The van der Waals surface area contributed by atoms with Crippen LogP contribution in [0.15, 0.2) is 12.1 Å². The van der Waals surface area contributed by atoms with E-state index in [1.54, 1.807) is 4.90 Å². The van der Waals surface area contributed by atoms with Gasteiger partial charge in [-0.15, -0.1) is 0 Å². The van der Waals surface area contributed by atoms with Crippen molar-refractivity contribution in [3.8, 4) is 0 Å². The molecule has 0 bridgehead atoms. The van der Waals surface area contributed by atoms with Gasteiger partial charge in [0, 0.05) is 13.6 Å². The average Bonchev–Trinajstić information content (AvgIpc) is 2.45. The summed E-state index contributed by atoms with van der Waals surface area (Å²) >= 11 is 0. The van der Waals surface area contributed by atoms with Gasteiger partial charge in [0.1, 0.15) is 17.7 Å². The van der Waals surface area contributed by atoms with Crippen LogP contribution in [0.25, 0.3) is 0 Å². The Balaban J connectivity index is 2.43. The summed E-state index contributed by atoms with van der Waals surface area (Å²) in [5.41, 5.74) is 4.54. The number of nitrogens with two attached hydrogens (primary N) is 1. The number of halogens is 3. The Morgan fingerprint density at radius 3 is 2.71 bits per heavy atom. The number of hydrogen-bond acceptors (Lipinski definition) is 4. The Morgan fingerprint density at radius 2 is 2.14 bits per heavy atom. The fourth-order valence-corrected chi connectivity index (χ4v) is 2.46. The molecular formula is C13H17F3N4O. The van der Waals surface area contributed by atoms with Crippen LogP contribution in [0.4, 0.5) is 24.8 Å². The van der Waals surface area contributed by atoms with Gasteiger partial charge in [-0.25, -0.2) is 4.98 Å². The van der Waals surface area contributed by atoms with Crippen LogP contribution in [0, 0.1) is 0 Å². The molecule has 1 aliphatic rings. The molecule has 0 aliphatic carbocycles. The first-order valence-electron chi connectivity index (χ1n) is 6.66. The lowest BCUT2D eigenvalue weighted by atomic mass is 10.0. The molecule has 0 spiro atoms. The van der Waals surface area contributed by atoms with E-state index >= 15 is 0 Å². The Labute approximate surface area is 120 Å². The van der Waals surface area contributed by atoms with E-state index in [-0.39, 0.29) is 11.6 Å². The quantitative estimate of drug-likeness (QED) is 0.895. The molecule has 1 saturated heterocycles. The van der Waals surface area contributed by atoms with Crippen LogP contribution in [0.5, 0.6) is 0 Å². The monoisotopic (exact) mass is 302 g/mol. The number of alkyl halides is 3. The van der Waals surface area contributed by atoms with Gasteiger partial charge < -0.3 is 16.0 Å². The minimum Gasteiger partial charge on any atom is -0.373 e. The number of hydrogen-bond donors (Lipinski definition) is 2. The van der Waals surface area contributed by atoms with E-state index in [4.69, 9.17) is 5.73 Å². The molecule has 1 fully saturated rings. The fourth-order valence-electron chi connectivity index (χ4n) is 2.46. The molecular weight excluding hydrogens is 285 g/mol. The van der Waals surface area contributed by atoms with Crippen LogP contribution in [-0.2, 0) is 11.0 Å². The number of pyridine rings is 1. The molecule has 1 unspecified atom stereocenters. The number of anilines is 2. The van der Waals surface area contributed by atoms with Crippen LogP contribution in [0.3, 0.4) is 0 Å². The van der Waals surface area contributed by atoms with Crippen molar-refractivity contribution in [2.45, 2.75) is 31.5 Å². The minimum atomic E-state index is -4.47. The molecule has 0 radical (unpaired) electrons. The molecule has 2 rings (SSSR count). The summed E-state index contributed by atoms with van der Waals surface area (Å²) in [4.78, 5) is 17.2. The number of rotatable bonds is 3. The normalized spacial score (nSPS) is 19.4. The summed E-state index contributed by atoms with van der Waals surface area (Å²) in [7, 11) is 1.49.